The number of anilines is 2. The second kappa shape index (κ2) is 6.02. The monoisotopic (exact) mass is 304 g/mol. The summed E-state index contributed by atoms with van der Waals surface area (Å²) >= 11 is 0. The number of likely N-dealkylation sites (tertiary alicyclic amines) is 1. The minimum atomic E-state index is -4.54. The van der Waals surface area contributed by atoms with Gasteiger partial charge in [-0.1, -0.05) is 6.92 Å². The van der Waals surface area contributed by atoms with Crippen molar-refractivity contribution in [1.82, 2.24) is 14.9 Å². The fraction of sp³-hybridized carbons (Fsp3) is 0.667. The highest BCUT2D eigenvalue weighted by molar-refractivity contribution is 5.43. The van der Waals surface area contributed by atoms with Gasteiger partial charge in [0.25, 0.3) is 0 Å². The largest absolute Gasteiger partial charge is 0.433 e. The molecule has 4 N–H and O–H groups in total. The van der Waals surface area contributed by atoms with Crippen LogP contribution in [0.1, 0.15) is 19.0 Å². The van der Waals surface area contributed by atoms with Gasteiger partial charge in [-0.2, -0.15) is 18.2 Å². The number of alkyl halides is 3. The molecule has 2 rings (SSSR count). The zero-order chi connectivity index (χ0) is 15.6. The van der Waals surface area contributed by atoms with Gasteiger partial charge >= 0.3 is 6.18 Å². The van der Waals surface area contributed by atoms with Crippen LogP contribution in [-0.2, 0) is 6.18 Å². The Kier molecular flexibility index (Phi) is 4.52. The van der Waals surface area contributed by atoms with Gasteiger partial charge in [-0.25, -0.2) is 10.8 Å². The molecule has 0 aromatic carbocycles. The number of hydrogen-bond acceptors (Lipinski definition) is 6. The first-order valence-electron chi connectivity index (χ1n) is 6.67. The van der Waals surface area contributed by atoms with E-state index in [-0.39, 0.29) is 17.8 Å². The quantitative estimate of drug-likeness (QED) is 0.580. The topological polar surface area (TPSA) is 79.1 Å². The lowest BCUT2D eigenvalue weighted by atomic mass is 9.94. The van der Waals surface area contributed by atoms with Gasteiger partial charge in [0, 0.05) is 18.7 Å². The van der Waals surface area contributed by atoms with Crippen LogP contribution < -0.4 is 16.6 Å². The third-order valence-electron chi connectivity index (χ3n) is 3.59. The summed E-state index contributed by atoms with van der Waals surface area (Å²) in [5.41, 5.74) is 1.05. The molecule has 9 heteroatoms. The van der Waals surface area contributed by atoms with Crippen LogP contribution >= 0.6 is 0 Å². The molecule has 118 valence electrons. The number of nitrogens with zero attached hydrogens (tertiary/aromatic N) is 3. The van der Waals surface area contributed by atoms with Crippen molar-refractivity contribution in [2.75, 3.05) is 30.9 Å². The van der Waals surface area contributed by atoms with E-state index in [0.717, 1.165) is 25.6 Å². The molecule has 21 heavy (non-hydrogen) atoms. The summed E-state index contributed by atoms with van der Waals surface area (Å²) in [6.07, 6.45) is -3.70. The number of nitrogens with two attached hydrogens (primary N) is 1. The Balaban J connectivity index is 2.19. The van der Waals surface area contributed by atoms with Gasteiger partial charge < -0.3 is 10.2 Å². The number of nitrogens with one attached hydrogen (secondary N) is 2. The maximum atomic E-state index is 12.8. The van der Waals surface area contributed by atoms with Crippen LogP contribution in [0.15, 0.2) is 6.07 Å². The summed E-state index contributed by atoms with van der Waals surface area (Å²) in [6.45, 7) is 3.83. The van der Waals surface area contributed by atoms with Crippen molar-refractivity contribution in [3.05, 3.63) is 11.8 Å². The maximum absolute atomic E-state index is 12.8. The maximum Gasteiger partial charge on any atom is 0.433 e. The van der Waals surface area contributed by atoms with Gasteiger partial charge in [0.2, 0.25) is 5.95 Å². The van der Waals surface area contributed by atoms with E-state index in [0.29, 0.717) is 5.92 Å². The first kappa shape index (κ1) is 15.8. The molecule has 0 saturated carbocycles. The zero-order valence-electron chi connectivity index (χ0n) is 11.9. The number of rotatable bonds is 3. The standard InChI is InChI=1S/C12H19F3N6/c1-7-6-21(2)4-3-8(7)17-10-5-9(12(13,14)15)18-11(19-10)20-16/h5,7-8H,3-4,6,16H2,1-2H3,(H2,17,18,19,20). The van der Waals surface area contributed by atoms with Crippen molar-refractivity contribution in [2.45, 2.75) is 25.6 Å². The van der Waals surface area contributed by atoms with Crippen LogP contribution in [0.25, 0.3) is 0 Å². The van der Waals surface area contributed by atoms with Crippen LogP contribution in [0.2, 0.25) is 0 Å². The Morgan fingerprint density at radius 3 is 2.67 bits per heavy atom. The van der Waals surface area contributed by atoms with E-state index >= 15 is 0 Å². The van der Waals surface area contributed by atoms with E-state index in [2.05, 4.69) is 32.5 Å². The van der Waals surface area contributed by atoms with Gasteiger partial charge in [0.1, 0.15) is 5.82 Å². The molecule has 1 aromatic heterocycles. The van der Waals surface area contributed by atoms with Crippen LogP contribution in [0.5, 0.6) is 0 Å². The Labute approximate surface area is 120 Å². The molecular weight excluding hydrogens is 285 g/mol. The van der Waals surface area contributed by atoms with Crippen molar-refractivity contribution >= 4 is 11.8 Å². The van der Waals surface area contributed by atoms with Crippen molar-refractivity contribution in [3.63, 3.8) is 0 Å². The molecule has 0 aliphatic carbocycles. The highest BCUT2D eigenvalue weighted by atomic mass is 19.4. The molecule has 2 atom stereocenters. The molecule has 1 aromatic rings. The van der Waals surface area contributed by atoms with Crippen molar-refractivity contribution in [2.24, 2.45) is 11.8 Å². The molecule has 0 bridgehead atoms. The van der Waals surface area contributed by atoms with E-state index in [1.54, 1.807) is 0 Å². The highest BCUT2D eigenvalue weighted by Crippen LogP contribution is 2.30. The lowest BCUT2D eigenvalue weighted by Crippen LogP contribution is -2.43. The average Bonchev–Trinajstić information content (AvgIpc) is 2.40. The Morgan fingerprint density at radius 2 is 2.10 bits per heavy atom. The molecule has 1 aliphatic heterocycles. The number of hydrogen-bond donors (Lipinski definition) is 3. The van der Waals surface area contributed by atoms with Gasteiger partial charge in [-0.05, 0) is 25.9 Å². The molecule has 2 unspecified atom stereocenters. The number of aromatic nitrogens is 2. The first-order valence-corrected chi connectivity index (χ1v) is 6.67. The Bertz CT molecular complexity index is 492. The van der Waals surface area contributed by atoms with Crippen LogP contribution in [0, 0.1) is 5.92 Å². The number of nitrogen functional groups attached to an aromatic ring is 1. The molecule has 1 fully saturated rings. The summed E-state index contributed by atoms with van der Waals surface area (Å²) in [5, 5.41) is 3.07. The normalized spacial score (nSPS) is 23.9. The molecule has 0 amide bonds. The van der Waals surface area contributed by atoms with Gasteiger partial charge in [-0.3, -0.25) is 5.43 Å². The van der Waals surface area contributed by atoms with E-state index in [1.807, 2.05) is 7.05 Å². The molecule has 1 saturated heterocycles. The van der Waals surface area contributed by atoms with Gasteiger partial charge in [0.05, 0.1) is 0 Å². The number of hydrazine groups is 1. The predicted molar refractivity (Wildman–Crippen MR) is 73.5 cm³/mol. The Morgan fingerprint density at radius 1 is 1.38 bits per heavy atom. The first-order chi connectivity index (χ1) is 9.79. The van der Waals surface area contributed by atoms with Crippen molar-refractivity contribution < 1.29 is 13.2 Å². The third kappa shape index (κ3) is 3.94. The van der Waals surface area contributed by atoms with Gasteiger partial charge in [-0.15, -0.1) is 0 Å². The summed E-state index contributed by atoms with van der Waals surface area (Å²) < 4.78 is 38.4. The fourth-order valence-corrected chi connectivity index (χ4v) is 2.49. The molecule has 0 spiro atoms. The summed E-state index contributed by atoms with van der Waals surface area (Å²) in [7, 11) is 2.02. The number of halogens is 3. The summed E-state index contributed by atoms with van der Waals surface area (Å²) in [6, 6.07) is 0.981. The molecular formula is C12H19F3N6. The summed E-state index contributed by atoms with van der Waals surface area (Å²) in [4.78, 5) is 9.46. The molecule has 2 heterocycles. The lowest BCUT2D eigenvalue weighted by molar-refractivity contribution is -0.141. The van der Waals surface area contributed by atoms with E-state index in [1.165, 1.54) is 0 Å². The summed E-state index contributed by atoms with van der Waals surface area (Å²) in [5.74, 6) is 5.32. The van der Waals surface area contributed by atoms with Crippen molar-refractivity contribution in [1.29, 1.82) is 0 Å². The highest BCUT2D eigenvalue weighted by Gasteiger charge is 2.34. The smallest absolute Gasteiger partial charge is 0.367 e. The second-order valence-electron chi connectivity index (χ2n) is 5.38. The Hall–Kier alpha value is -1.61. The van der Waals surface area contributed by atoms with E-state index in [4.69, 9.17) is 5.84 Å². The second-order valence-corrected chi connectivity index (χ2v) is 5.38. The van der Waals surface area contributed by atoms with E-state index in [9.17, 15) is 13.2 Å². The lowest BCUT2D eigenvalue weighted by Gasteiger charge is -2.35. The number of piperidine rings is 1. The van der Waals surface area contributed by atoms with Crippen LogP contribution in [0.4, 0.5) is 24.9 Å². The molecule has 1 aliphatic rings. The average molecular weight is 304 g/mol. The molecule has 6 nitrogen and oxygen atoms in total. The molecule has 0 radical (unpaired) electrons. The predicted octanol–water partition coefficient (Wildman–Crippen LogP) is 1.53. The van der Waals surface area contributed by atoms with E-state index < -0.39 is 11.9 Å². The fourth-order valence-electron chi connectivity index (χ4n) is 2.49. The minimum absolute atomic E-state index is 0.0720. The van der Waals surface area contributed by atoms with Crippen LogP contribution in [0.3, 0.4) is 0 Å². The van der Waals surface area contributed by atoms with Gasteiger partial charge in [0.15, 0.2) is 5.69 Å². The zero-order valence-corrected chi connectivity index (χ0v) is 11.9. The minimum Gasteiger partial charge on any atom is -0.367 e. The van der Waals surface area contributed by atoms with Crippen molar-refractivity contribution in [3.8, 4) is 0 Å². The van der Waals surface area contributed by atoms with Crippen LogP contribution in [-0.4, -0.2) is 41.0 Å². The third-order valence-corrected chi connectivity index (χ3v) is 3.59. The SMILES string of the molecule is CC1CN(C)CCC1Nc1cc(C(F)(F)F)nc(NN)n1.